The van der Waals surface area contributed by atoms with E-state index in [1.165, 1.54) is 6.08 Å². The van der Waals surface area contributed by atoms with E-state index in [9.17, 15) is 14.7 Å². The molecule has 0 saturated carbocycles. The van der Waals surface area contributed by atoms with Crippen LogP contribution >= 0.6 is 0 Å². The minimum Gasteiger partial charge on any atom is -0.378 e. The molecule has 2 rings (SSSR count). The van der Waals surface area contributed by atoms with E-state index in [1.54, 1.807) is 18.2 Å². The highest BCUT2D eigenvalue weighted by molar-refractivity contribution is 5.73. The molecule has 2 atom stereocenters. The maximum Gasteiger partial charge on any atom is 0.156 e. The molecule has 0 saturated heterocycles. The number of aliphatic hydroxyl groups is 1. The first-order valence-corrected chi connectivity index (χ1v) is 7.11. The SMILES string of the molecule is O=CCC(c1ccccc1)C(O)(C=O)/C=C/c1ccccc1. The van der Waals surface area contributed by atoms with Gasteiger partial charge in [-0.2, -0.15) is 0 Å². The van der Waals surface area contributed by atoms with Crippen LogP contribution < -0.4 is 0 Å². The van der Waals surface area contributed by atoms with Crippen LogP contribution in [0.3, 0.4) is 0 Å². The molecule has 2 aromatic carbocycles. The number of hydrogen-bond acceptors (Lipinski definition) is 3. The van der Waals surface area contributed by atoms with Gasteiger partial charge in [-0.3, -0.25) is 4.79 Å². The number of aldehydes is 2. The van der Waals surface area contributed by atoms with Crippen LogP contribution in [0, 0.1) is 0 Å². The quantitative estimate of drug-likeness (QED) is 0.799. The van der Waals surface area contributed by atoms with Gasteiger partial charge in [-0.05, 0) is 17.2 Å². The van der Waals surface area contributed by atoms with Crippen molar-refractivity contribution in [2.45, 2.75) is 17.9 Å². The van der Waals surface area contributed by atoms with Crippen LogP contribution in [0.4, 0.5) is 0 Å². The molecule has 0 aliphatic heterocycles. The zero-order valence-corrected chi connectivity index (χ0v) is 12.1. The Labute approximate surface area is 129 Å². The smallest absolute Gasteiger partial charge is 0.156 e. The molecule has 0 amide bonds. The van der Waals surface area contributed by atoms with Gasteiger partial charge in [0.2, 0.25) is 0 Å². The van der Waals surface area contributed by atoms with Crippen molar-refractivity contribution in [3.63, 3.8) is 0 Å². The van der Waals surface area contributed by atoms with Crippen molar-refractivity contribution in [2.24, 2.45) is 0 Å². The Balaban J connectivity index is 2.35. The van der Waals surface area contributed by atoms with Crippen molar-refractivity contribution >= 4 is 18.6 Å². The second-order valence-electron chi connectivity index (χ2n) is 5.11. The third-order valence-corrected chi connectivity index (χ3v) is 3.62. The van der Waals surface area contributed by atoms with E-state index in [1.807, 2.05) is 48.5 Å². The summed E-state index contributed by atoms with van der Waals surface area (Å²) in [7, 11) is 0. The van der Waals surface area contributed by atoms with Crippen LogP contribution in [0.2, 0.25) is 0 Å². The molecule has 3 heteroatoms. The number of hydrogen-bond donors (Lipinski definition) is 1. The van der Waals surface area contributed by atoms with Gasteiger partial charge in [0.25, 0.3) is 0 Å². The Morgan fingerprint density at radius 3 is 2.09 bits per heavy atom. The molecule has 0 radical (unpaired) electrons. The van der Waals surface area contributed by atoms with Gasteiger partial charge in [0, 0.05) is 12.3 Å². The van der Waals surface area contributed by atoms with Crippen LogP contribution in [-0.2, 0) is 9.59 Å². The second kappa shape index (κ2) is 7.48. The minimum absolute atomic E-state index is 0.0678. The normalized spacial score (nSPS) is 15.1. The molecule has 0 bridgehead atoms. The van der Waals surface area contributed by atoms with E-state index >= 15 is 0 Å². The highest BCUT2D eigenvalue weighted by Gasteiger charge is 2.34. The first-order valence-electron chi connectivity index (χ1n) is 7.11. The molecule has 112 valence electrons. The highest BCUT2D eigenvalue weighted by Crippen LogP contribution is 2.31. The Kier molecular flexibility index (Phi) is 5.39. The van der Waals surface area contributed by atoms with Crippen molar-refractivity contribution in [3.05, 3.63) is 77.9 Å². The van der Waals surface area contributed by atoms with E-state index in [4.69, 9.17) is 0 Å². The van der Waals surface area contributed by atoms with E-state index < -0.39 is 11.5 Å². The summed E-state index contributed by atoms with van der Waals surface area (Å²) in [6.45, 7) is 0. The van der Waals surface area contributed by atoms with Crippen LogP contribution in [-0.4, -0.2) is 23.3 Å². The molecule has 0 fully saturated rings. The fourth-order valence-corrected chi connectivity index (χ4v) is 2.40. The van der Waals surface area contributed by atoms with Crippen LogP contribution in [0.15, 0.2) is 66.7 Å². The lowest BCUT2D eigenvalue weighted by Crippen LogP contribution is -2.36. The van der Waals surface area contributed by atoms with Crippen molar-refractivity contribution in [3.8, 4) is 0 Å². The molecule has 0 aliphatic rings. The molecular weight excluding hydrogens is 276 g/mol. The van der Waals surface area contributed by atoms with Gasteiger partial charge in [0.05, 0.1) is 0 Å². The Hall–Kier alpha value is -2.52. The average Bonchev–Trinajstić information content (AvgIpc) is 2.59. The van der Waals surface area contributed by atoms with E-state index in [2.05, 4.69) is 0 Å². The Bertz CT molecular complexity index is 634. The molecule has 0 aliphatic carbocycles. The first-order chi connectivity index (χ1) is 10.7. The summed E-state index contributed by atoms with van der Waals surface area (Å²) in [6.07, 6.45) is 4.43. The van der Waals surface area contributed by atoms with Gasteiger partial charge in [-0.1, -0.05) is 66.7 Å². The number of carbonyl (C=O) groups excluding carboxylic acids is 2. The first kappa shape index (κ1) is 15.9. The Morgan fingerprint density at radius 1 is 0.955 bits per heavy atom. The van der Waals surface area contributed by atoms with E-state index in [0.29, 0.717) is 6.29 Å². The van der Waals surface area contributed by atoms with Gasteiger partial charge in [-0.15, -0.1) is 0 Å². The molecule has 2 unspecified atom stereocenters. The predicted octanol–water partition coefficient (Wildman–Crippen LogP) is 3.00. The lowest BCUT2D eigenvalue weighted by Gasteiger charge is -2.28. The second-order valence-corrected chi connectivity index (χ2v) is 5.11. The maximum atomic E-state index is 11.5. The Morgan fingerprint density at radius 2 is 1.55 bits per heavy atom. The summed E-state index contributed by atoms with van der Waals surface area (Å²) in [4.78, 5) is 22.5. The summed E-state index contributed by atoms with van der Waals surface area (Å²) >= 11 is 0. The predicted molar refractivity (Wildman–Crippen MR) is 86.4 cm³/mol. The van der Waals surface area contributed by atoms with Gasteiger partial charge in [0.1, 0.15) is 11.9 Å². The zero-order valence-electron chi connectivity index (χ0n) is 12.1. The largest absolute Gasteiger partial charge is 0.378 e. The molecule has 22 heavy (non-hydrogen) atoms. The minimum atomic E-state index is -1.72. The van der Waals surface area contributed by atoms with Gasteiger partial charge < -0.3 is 9.90 Å². The van der Waals surface area contributed by atoms with Crippen molar-refractivity contribution < 1.29 is 14.7 Å². The average molecular weight is 294 g/mol. The van der Waals surface area contributed by atoms with Crippen molar-refractivity contribution in [2.75, 3.05) is 0 Å². The summed E-state index contributed by atoms with van der Waals surface area (Å²) in [6, 6.07) is 18.5. The number of rotatable bonds is 7. The molecule has 0 heterocycles. The summed E-state index contributed by atoms with van der Waals surface area (Å²) < 4.78 is 0. The van der Waals surface area contributed by atoms with Crippen LogP contribution in [0.25, 0.3) is 6.08 Å². The molecule has 3 nitrogen and oxygen atoms in total. The molecule has 0 aromatic heterocycles. The van der Waals surface area contributed by atoms with Crippen molar-refractivity contribution in [1.29, 1.82) is 0 Å². The lowest BCUT2D eigenvalue weighted by molar-refractivity contribution is -0.122. The fourth-order valence-electron chi connectivity index (χ4n) is 2.40. The summed E-state index contributed by atoms with van der Waals surface area (Å²) in [5.41, 5.74) is -0.0967. The lowest BCUT2D eigenvalue weighted by atomic mass is 9.80. The standard InChI is InChI=1S/C19H18O3/c20-14-12-18(17-9-5-2-6-10-17)19(22,15-21)13-11-16-7-3-1-4-8-16/h1-11,13-15,18,22H,12H2/b13-11+. The molecule has 1 N–H and O–H groups in total. The van der Waals surface area contributed by atoms with Gasteiger partial charge in [0.15, 0.2) is 6.29 Å². The molecule has 2 aromatic rings. The van der Waals surface area contributed by atoms with Gasteiger partial charge >= 0.3 is 0 Å². The number of carbonyl (C=O) groups is 2. The monoisotopic (exact) mass is 294 g/mol. The topological polar surface area (TPSA) is 54.4 Å². The third-order valence-electron chi connectivity index (χ3n) is 3.62. The van der Waals surface area contributed by atoms with E-state index in [-0.39, 0.29) is 6.42 Å². The van der Waals surface area contributed by atoms with Crippen LogP contribution in [0.1, 0.15) is 23.5 Å². The number of benzene rings is 2. The maximum absolute atomic E-state index is 11.5. The molecular formula is C19H18O3. The zero-order chi connectivity index (χ0) is 15.8. The molecule has 0 spiro atoms. The van der Waals surface area contributed by atoms with Gasteiger partial charge in [-0.25, -0.2) is 0 Å². The van der Waals surface area contributed by atoms with E-state index in [0.717, 1.165) is 17.4 Å². The van der Waals surface area contributed by atoms with Crippen LogP contribution in [0.5, 0.6) is 0 Å². The summed E-state index contributed by atoms with van der Waals surface area (Å²) in [5, 5.41) is 10.7. The van der Waals surface area contributed by atoms with Crippen molar-refractivity contribution in [1.82, 2.24) is 0 Å². The summed E-state index contributed by atoms with van der Waals surface area (Å²) in [5.74, 6) is -0.608. The fraction of sp³-hybridized carbons (Fsp3) is 0.158. The highest BCUT2D eigenvalue weighted by atomic mass is 16.3. The third kappa shape index (κ3) is 3.77.